The molecule has 1 amide bonds. The first-order valence-electron chi connectivity index (χ1n) is 13.7. The zero-order valence-electron chi connectivity index (χ0n) is 21.1. The number of carbonyl (C=O) groups is 1. The monoisotopic (exact) mass is 483 g/mol. The van der Waals surface area contributed by atoms with E-state index in [1.165, 1.54) is 36.0 Å². The molecule has 3 fully saturated rings. The first-order valence-corrected chi connectivity index (χ1v) is 13.7. The molecular weight excluding hydrogens is 446 g/mol. The van der Waals surface area contributed by atoms with Gasteiger partial charge in [0, 0.05) is 44.3 Å². The Morgan fingerprint density at radius 1 is 0.861 bits per heavy atom. The van der Waals surface area contributed by atoms with Crippen LogP contribution in [-0.4, -0.2) is 72.5 Å². The van der Waals surface area contributed by atoms with Crippen LogP contribution in [0.25, 0.3) is 5.57 Å². The van der Waals surface area contributed by atoms with Crippen LogP contribution in [0.4, 0.5) is 0 Å². The summed E-state index contributed by atoms with van der Waals surface area (Å²) in [5.74, 6) is 2.63. The van der Waals surface area contributed by atoms with E-state index < -0.39 is 0 Å². The van der Waals surface area contributed by atoms with Crippen LogP contribution in [0.5, 0.6) is 11.5 Å². The molecule has 0 N–H and O–H groups in total. The molecule has 1 saturated carbocycles. The molecule has 1 atom stereocenters. The van der Waals surface area contributed by atoms with Crippen LogP contribution in [0, 0.1) is 5.92 Å². The lowest BCUT2D eigenvalue weighted by Gasteiger charge is -2.43. The average Bonchev–Trinajstić information content (AvgIpc) is 2.89. The molecule has 0 bridgehead atoms. The standard InChI is InChI=1S/C31H37N3O2/c35-31(34-19-17-33(18-20-34)27-7-6-8-27)23-32-16-15-24-21-25(13-14-26(24)22-32)29-11-4-5-12-30(29)36-28-9-2-1-3-10-28/h1-5,9-14,24,27H,6-8,15-23H2. The highest BCUT2D eigenvalue weighted by Crippen LogP contribution is 2.40. The van der Waals surface area contributed by atoms with Crippen molar-refractivity contribution in [1.29, 1.82) is 0 Å². The largest absolute Gasteiger partial charge is 0.457 e. The highest BCUT2D eigenvalue weighted by molar-refractivity contribution is 5.78. The zero-order valence-corrected chi connectivity index (χ0v) is 21.1. The number of rotatable bonds is 6. The minimum atomic E-state index is 0.307. The topological polar surface area (TPSA) is 36.0 Å². The second-order valence-corrected chi connectivity index (χ2v) is 10.7. The van der Waals surface area contributed by atoms with Gasteiger partial charge in [0.25, 0.3) is 0 Å². The van der Waals surface area contributed by atoms with Crippen molar-refractivity contribution in [2.75, 3.05) is 45.8 Å². The summed E-state index contributed by atoms with van der Waals surface area (Å²) >= 11 is 0. The number of para-hydroxylation sites is 2. The number of amides is 1. The summed E-state index contributed by atoms with van der Waals surface area (Å²) in [6, 6.07) is 19.1. The van der Waals surface area contributed by atoms with Crippen molar-refractivity contribution in [1.82, 2.24) is 14.7 Å². The third kappa shape index (κ3) is 5.14. The van der Waals surface area contributed by atoms with Gasteiger partial charge in [-0.3, -0.25) is 14.6 Å². The van der Waals surface area contributed by atoms with Gasteiger partial charge in [0.2, 0.25) is 5.91 Å². The molecule has 2 saturated heterocycles. The lowest BCUT2D eigenvalue weighted by molar-refractivity contribution is -0.134. The first kappa shape index (κ1) is 23.5. The molecule has 2 aliphatic carbocycles. The molecule has 6 rings (SSSR count). The smallest absolute Gasteiger partial charge is 0.236 e. The number of allylic oxidation sites excluding steroid dienone is 3. The lowest BCUT2D eigenvalue weighted by atomic mass is 9.80. The van der Waals surface area contributed by atoms with Gasteiger partial charge in [0.05, 0.1) is 6.54 Å². The molecule has 0 spiro atoms. The number of piperazine rings is 1. The van der Waals surface area contributed by atoms with Crippen molar-refractivity contribution in [2.24, 2.45) is 5.92 Å². The van der Waals surface area contributed by atoms with Gasteiger partial charge in [0.15, 0.2) is 0 Å². The summed E-state index contributed by atoms with van der Waals surface area (Å²) in [4.78, 5) is 20.1. The van der Waals surface area contributed by atoms with Gasteiger partial charge in [0.1, 0.15) is 11.5 Å². The molecule has 2 heterocycles. The molecule has 1 unspecified atom stereocenters. The van der Waals surface area contributed by atoms with Crippen LogP contribution in [0.3, 0.4) is 0 Å². The third-order valence-electron chi connectivity index (χ3n) is 8.51. The molecule has 2 aromatic rings. The second kappa shape index (κ2) is 10.6. The number of carbonyl (C=O) groups excluding carboxylic acids is 1. The number of fused-ring (bicyclic) bond motifs is 1. The van der Waals surface area contributed by atoms with E-state index in [4.69, 9.17) is 4.74 Å². The molecule has 5 nitrogen and oxygen atoms in total. The Kier molecular flexibility index (Phi) is 6.93. The van der Waals surface area contributed by atoms with E-state index in [-0.39, 0.29) is 0 Å². The highest BCUT2D eigenvalue weighted by atomic mass is 16.5. The summed E-state index contributed by atoms with van der Waals surface area (Å²) in [6.07, 6.45) is 10.8. The molecule has 188 valence electrons. The molecule has 2 aliphatic heterocycles. The van der Waals surface area contributed by atoms with Crippen molar-refractivity contribution >= 4 is 11.5 Å². The molecule has 2 aromatic carbocycles. The summed E-state index contributed by atoms with van der Waals surface area (Å²) in [5.41, 5.74) is 3.98. The lowest BCUT2D eigenvalue weighted by Crippen LogP contribution is -2.55. The van der Waals surface area contributed by atoms with Crippen molar-refractivity contribution in [3.63, 3.8) is 0 Å². The number of ether oxygens (including phenoxy) is 1. The Bertz CT molecular complexity index is 1130. The summed E-state index contributed by atoms with van der Waals surface area (Å²) in [5, 5.41) is 0. The van der Waals surface area contributed by atoms with Crippen molar-refractivity contribution < 1.29 is 9.53 Å². The van der Waals surface area contributed by atoms with Gasteiger partial charge in [-0.2, -0.15) is 0 Å². The molecule has 0 radical (unpaired) electrons. The fraction of sp³-hybridized carbons (Fsp3) is 0.452. The van der Waals surface area contributed by atoms with Crippen molar-refractivity contribution in [3.05, 3.63) is 77.9 Å². The Hall–Kier alpha value is -2.89. The number of hydrogen-bond donors (Lipinski definition) is 0. The molecule has 4 aliphatic rings. The maximum atomic E-state index is 13.0. The van der Waals surface area contributed by atoms with Crippen molar-refractivity contribution in [3.8, 4) is 11.5 Å². The van der Waals surface area contributed by atoms with Gasteiger partial charge in [-0.25, -0.2) is 0 Å². The SMILES string of the molecule is O=C(CN1CCC2CC(c3ccccc3Oc3ccccc3)=CC=C2C1)N1CCN(C2CCC2)CC1. The highest BCUT2D eigenvalue weighted by Gasteiger charge is 2.32. The van der Waals surface area contributed by atoms with E-state index >= 15 is 0 Å². The van der Waals surface area contributed by atoms with E-state index in [1.807, 2.05) is 36.4 Å². The van der Waals surface area contributed by atoms with E-state index in [0.29, 0.717) is 18.4 Å². The van der Waals surface area contributed by atoms with Gasteiger partial charge in [-0.1, -0.05) is 60.5 Å². The van der Waals surface area contributed by atoms with Gasteiger partial charge in [-0.15, -0.1) is 0 Å². The zero-order chi connectivity index (χ0) is 24.3. The van der Waals surface area contributed by atoms with Gasteiger partial charge in [-0.05, 0) is 61.9 Å². The number of likely N-dealkylation sites (tertiary alicyclic amines) is 1. The van der Waals surface area contributed by atoms with Crippen LogP contribution in [0.2, 0.25) is 0 Å². The molecular formula is C31H37N3O2. The minimum Gasteiger partial charge on any atom is -0.457 e. The van der Waals surface area contributed by atoms with Crippen LogP contribution in [0.1, 0.15) is 37.7 Å². The fourth-order valence-electron chi connectivity index (χ4n) is 6.10. The van der Waals surface area contributed by atoms with E-state index in [0.717, 1.165) is 69.7 Å². The minimum absolute atomic E-state index is 0.307. The molecule has 36 heavy (non-hydrogen) atoms. The Morgan fingerprint density at radius 2 is 1.64 bits per heavy atom. The van der Waals surface area contributed by atoms with Gasteiger partial charge >= 0.3 is 0 Å². The normalized spacial score (nSPS) is 23.3. The predicted molar refractivity (Wildman–Crippen MR) is 144 cm³/mol. The number of benzene rings is 2. The van der Waals surface area contributed by atoms with Crippen LogP contribution in [0.15, 0.2) is 72.3 Å². The van der Waals surface area contributed by atoms with E-state index in [1.54, 1.807) is 0 Å². The van der Waals surface area contributed by atoms with Gasteiger partial charge < -0.3 is 9.64 Å². The van der Waals surface area contributed by atoms with Crippen LogP contribution >= 0.6 is 0 Å². The average molecular weight is 484 g/mol. The Morgan fingerprint density at radius 3 is 2.42 bits per heavy atom. The quantitative estimate of drug-likeness (QED) is 0.565. The van der Waals surface area contributed by atoms with Crippen LogP contribution in [-0.2, 0) is 4.79 Å². The number of nitrogens with zero attached hydrogens (tertiary/aromatic N) is 3. The summed E-state index contributed by atoms with van der Waals surface area (Å²) in [6.45, 7) is 6.34. The Balaban J connectivity index is 1.07. The predicted octanol–water partition coefficient (Wildman–Crippen LogP) is 5.21. The molecule has 0 aromatic heterocycles. The first-order chi connectivity index (χ1) is 17.7. The Labute approximate surface area is 215 Å². The van der Waals surface area contributed by atoms with E-state index in [2.05, 4.69) is 45.1 Å². The van der Waals surface area contributed by atoms with Crippen molar-refractivity contribution in [2.45, 2.75) is 38.1 Å². The maximum absolute atomic E-state index is 13.0. The maximum Gasteiger partial charge on any atom is 0.236 e. The van der Waals surface area contributed by atoms with Crippen LogP contribution < -0.4 is 4.74 Å². The third-order valence-corrected chi connectivity index (χ3v) is 8.51. The number of piperidine rings is 1. The summed E-state index contributed by atoms with van der Waals surface area (Å²) in [7, 11) is 0. The number of hydrogen-bond acceptors (Lipinski definition) is 4. The summed E-state index contributed by atoms with van der Waals surface area (Å²) < 4.78 is 6.23. The second-order valence-electron chi connectivity index (χ2n) is 10.7. The van der Waals surface area contributed by atoms with E-state index in [9.17, 15) is 4.79 Å². The fourth-order valence-corrected chi connectivity index (χ4v) is 6.10. The molecule has 5 heteroatoms.